The van der Waals surface area contributed by atoms with Crippen molar-refractivity contribution < 1.29 is 0 Å². The fourth-order valence-electron chi connectivity index (χ4n) is 16.6. The third kappa shape index (κ3) is 6.18. The molecule has 2 aromatic heterocycles. The highest BCUT2D eigenvalue weighted by Gasteiger charge is 2.53. The molecule has 2 nitrogen and oxygen atoms in total. The molecule has 0 radical (unpaired) electrons. The molecule has 400 valence electrons. The zero-order chi connectivity index (χ0) is 56.7. The molecule has 0 N–H and O–H groups in total. The molecule has 0 bridgehead atoms. The van der Waals surface area contributed by atoms with Crippen LogP contribution in [-0.2, 0) is 10.8 Å². The van der Waals surface area contributed by atoms with Gasteiger partial charge in [0.25, 0.3) is 0 Å². The van der Waals surface area contributed by atoms with Crippen LogP contribution in [-0.4, -0.2) is 9.97 Å². The van der Waals surface area contributed by atoms with Crippen LogP contribution in [0.3, 0.4) is 0 Å². The smallest absolute Gasteiger partial charge is 0.0979 e. The Hall–Kier alpha value is -10.8. The van der Waals surface area contributed by atoms with E-state index < -0.39 is 10.8 Å². The predicted molar refractivity (Wildman–Crippen MR) is 362 cm³/mol. The minimum atomic E-state index is -0.445. The highest BCUT2D eigenvalue weighted by Crippen LogP contribution is 2.65. The standard InChI is InChI=1S/C84H48N2S/c1-8-28-70-58(19-1)59-20-2-9-29-71(59)83(70)74-32-12-5-23-62(74)64-41-37-51(46-76(64)83)49-35-39-56-57-40-36-50(52-38-42-65-63-24-6-13-33-75(63)84(77(65)47-52)72-30-10-3-21-60(72)61-22-4-11-31-73(61)84)45-69(57)81-80(68(56)44-49)85-48-78(86-81)54-18-15-17-53(43-54)55-26-16-27-67-66-25-7-14-34-79(66)87-82(55)67/h1-48H. The summed E-state index contributed by atoms with van der Waals surface area (Å²) in [6.45, 7) is 0. The summed E-state index contributed by atoms with van der Waals surface area (Å²) in [5.41, 5.74) is 30.9. The number of nitrogens with zero attached hydrogens (tertiary/aromatic N) is 2. The maximum atomic E-state index is 5.79. The summed E-state index contributed by atoms with van der Waals surface area (Å²) >= 11 is 1.87. The predicted octanol–water partition coefficient (Wildman–Crippen LogP) is 21.7. The lowest BCUT2D eigenvalue weighted by molar-refractivity contribution is 0.794. The molecule has 16 aromatic rings. The first-order valence-electron chi connectivity index (χ1n) is 30.2. The normalized spacial score (nSPS) is 13.9. The Morgan fingerprint density at radius 2 is 0.632 bits per heavy atom. The molecule has 4 aliphatic rings. The Kier molecular flexibility index (Phi) is 9.50. The molecule has 87 heavy (non-hydrogen) atoms. The van der Waals surface area contributed by atoms with E-state index in [-0.39, 0.29) is 0 Å². The number of hydrogen-bond acceptors (Lipinski definition) is 3. The molecule has 0 saturated heterocycles. The number of aromatic nitrogens is 2. The first-order valence-corrected chi connectivity index (χ1v) is 31.0. The second kappa shape index (κ2) is 17.4. The van der Waals surface area contributed by atoms with E-state index in [4.69, 9.17) is 9.97 Å². The monoisotopic (exact) mass is 1120 g/mol. The van der Waals surface area contributed by atoms with Crippen LogP contribution < -0.4 is 0 Å². The van der Waals surface area contributed by atoms with Crippen molar-refractivity contribution in [2.24, 2.45) is 0 Å². The summed E-state index contributed by atoms with van der Waals surface area (Å²) < 4.78 is 2.60. The zero-order valence-corrected chi connectivity index (χ0v) is 47.8. The SMILES string of the molecule is c1cc(-c2cnc3c4cc(-c5ccc6c(c5)C5(c7ccccc7-c7ccccc75)c5ccccc5-6)ccc4c4ccc(-c5ccc6c(c5)C5(c7ccccc7-c7ccccc75)c5ccccc5-6)cc4c3n2)cc(-c2cccc3c2sc2ccccc23)c1. The van der Waals surface area contributed by atoms with Crippen molar-refractivity contribution in [3.05, 3.63) is 336 Å². The van der Waals surface area contributed by atoms with Crippen LogP contribution in [0.15, 0.2) is 291 Å². The fraction of sp³-hybridized carbons (Fsp3) is 0.0238. The van der Waals surface area contributed by atoms with E-state index in [2.05, 4.69) is 285 Å². The quantitative estimate of drug-likeness (QED) is 0.164. The van der Waals surface area contributed by atoms with Crippen molar-refractivity contribution in [2.45, 2.75) is 10.8 Å². The van der Waals surface area contributed by atoms with Gasteiger partial charge < -0.3 is 0 Å². The van der Waals surface area contributed by atoms with Crippen LogP contribution in [0.25, 0.3) is 142 Å². The van der Waals surface area contributed by atoms with Crippen LogP contribution >= 0.6 is 11.3 Å². The summed E-state index contributed by atoms with van der Waals surface area (Å²) in [6.07, 6.45) is 2.00. The van der Waals surface area contributed by atoms with Gasteiger partial charge in [-0.3, -0.25) is 4.98 Å². The van der Waals surface area contributed by atoms with Gasteiger partial charge in [-0.05, 0) is 170 Å². The minimum absolute atomic E-state index is 0.439. The Balaban J connectivity index is 0.792. The van der Waals surface area contributed by atoms with Crippen LogP contribution in [0.4, 0.5) is 0 Å². The Morgan fingerprint density at radius 1 is 0.241 bits per heavy atom. The van der Waals surface area contributed by atoms with E-state index in [0.29, 0.717) is 0 Å². The molecule has 14 aromatic carbocycles. The van der Waals surface area contributed by atoms with Gasteiger partial charge in [-0.25, -0.2) is 4.98 Å². The molecule has 0 amide bonds. The summed E-state index contributed by atoms with van der Waals surface area (Å²) in [5, 5.41) is 7.05. The molecule has 2 spiro atoms. The number of benzene rings is 14. The highest BCUT2D eigenvalue weighted by atomic mass is 32.1. The molecule has 0 atom stereocenters. The van der Waals surface area contributed by atoms with E-state index in [0.717, 1.165) is 60.5 Å². The maximum Gasteiger partial charge on any atom is 0.0979 e. The maximum absolute atomic E-state index is 5.79. The summed E-state index contributed by atoms with van der Waals surface area (Å²) in [4.78, 5) is 11.3. The molecule has 3 heteroatoms. The Bertz CT molecular complexity index is 5620. The minimum Gasteiger partial charge on any atom is -0.252 e. The lowest BCUT2D eigenvalue weighted by Crippen LogP contribution is -2.25. The van der Waals surface area contributed by atoms with Gasteiger partial charge in [-0.1, -0.05) is 249 Å². The van der Waals surface area contributed by atoms with Crippen molar-refractivity contribution in [3.8, 4) is 89.1 Å². The molecular formula is C84H48N2S. The third-order valence-electron chi connectivity index (χ3n) is 20.1. The van der Waals surface area contributed by atoms with Crippen LogP contribution in [0.5, 0.6) is 0 Å². The lowest BCUT2D eigenvalue weighted by Gasteiger charge is -2.30. The van der Waals surface area contributed by atoms with Crippen LogP contribution in [0.1, 0.15) is 44.5 Å². The van der Waals surface area contributed by atoms with Gasteiger partial charge in [0, 0.05) is 36.5 Å². The molecule has 4 aliphatic carbocycles. The van der Waals surface area contributed by atoms with E-state index in [1.165, 1.54) is 126 Å². The molecule has 0 aliphatic heterocycles. The van der Waals surface area contributed by atoms with E-state index in [1.807, 2.05) is 17.5 Å². The van der Waals surface area contributed by atoms with Crippen molar-refractivity contribution in [3.63, 3.8) is 0 Å². The van der Waals surface area contributed by atoms with Gasteiger partial charge in [0.15, 0.2) is 0 Å². The van der Waals surface area contributed by atoms with Crippen molar-refractivity contribution in [1.29, 1.82) is 0 Å². The Labute approximate surface area is 506 Å². The second-order valence-corrected chi connectivity index (χ2v) is 25.2. The average molecular weight is 1120 g/mol. The van der Waals surface area contributed by atoms with E-state index in [1.54, 1.807) is 0 Å². The molecule has 2 heterocycles. The molecule has 0 saturated carbocycles. The summed E-state index contributed by atoms with van der Waals surface area (Å²) in [5.74, 6) is 0. The molecule has 20 rings (SSSR count). The van der Waals surface area contributed by atoms with Crippen molar-refractivity contribution in [2.75, 3.05) is 0 Å². The van der Waals surface area contributed by atoms with Gasteiger partial charge in [0.05, 0.1) is 33.8 Å². The molecule has 0 fully saturated rings. The topological polar surface area (TPSA) is 25.8 Å². The van der Waals surface area contributed by atoms with Gasteiger partial charge in [0.1, 0.15) is 0 Å². The average Bonchev–Trinajstić information content (AvgIpc) is 1.80. The number of hydrogen-bond donors (Lipinski definition) is 0. The lowest BCUT2D eigenvalue weighted by atomic mass is 9.70. The van der Waals surface area contributed by atoms with Gasteiger partial charge in [0.2, 0.25) is 0 Å². The Morgan fingerprint density at radius 3 is 1.15 bits per heavy atom. The van der Waals surface area contributed by atoms with Gasteiger partial charge in [-0.15, -0.1) is 11.3 Å². The second-order valence-electron chi connectivity index (χ2n) is 24.1. The number of rotatable bonds is 4. The first kappa shape index (κ1) is 47.5. The largest absolute Gasteiger partial charge is 0.252 e. The first-order chi connectivity index (χ1) is 43.1. The fourth-order valence-corrected chi connectivity index (χ4v) is 17.8. The number of thiophene rings is 1. The number of fused-ring (bicyclic) bond motifs is 29. The highest BCUT2D eigenvalue weighted by molar-refractivity contribution is 7.26. The van der Waals surface area contributed by atoms with Crippen LogP contribution in [0.2, 0.25) is 0 Å². The van der Waals surface area contributed by atoms with Gasteiger partial charge in [-0.2, -0.15) is 0 Å². The van der Waals surface area contributed by atoms with Crippen molar-refractivity contribution in [1.82, 2.24) is 9.97 Å². The van der Waals surface area contributed by atoms with Crippen molar-refractivity contribution >= 4 is 64.1 Å². The van der Waals surface area contributed by atoms with Gasteiger partial charge >= 0.3 is 0 Å². The summed E-state index contributed by atoms with van der Waals surface area (Å²) in [6, 6.07) is 107. The summed E-state index contributed by atoms with van der Waals surface area (Å²) in [7, 11) is 0. The van der Waals surface area contributed by atoms with E-state index in [9.17, 15) is 0 Å². The van der Waals surface area contributed by atoms with E-state index >= 15 is 0 Å². The molecule has 0 unspecified atom stereocenters. The molecular weight excluding hydrogens is 1070 g/mol. The van der Waals surface area contributed by atoms with Crippen LogP contribution in [0, 0.1) is 0 Å². The zero-order valence-electron chi connectivity index (χ0n) is 47.0. The third-order valence-corrected chi connectivity index (χ3v) is 21.4.